The molecule has 0 radical (unpaired) electrons. The van der Waals surface area contributed by atoms with E-state index in [1.807, 2.05) is 11.8 Å². The maximum absolute atomic E-state index is 5.45. The fourth-order valence-electron chi connectivity index (χ4n) is 2.61. The van der Waals surface area contributed by atoms with E-state index >= 15 is 0 Å². The molecular formula is C14H21NOS. The van der Waals surface area contributed by atoms with Gasteiger partial charge in [0.2, 0.25) is 0 Å². The lowest BCUT2D eigenvalue weighted by Gasteiger charge is -2.28. The molecule has 0 aliphatic carbocycles. The fourth-order valence-corrected chi connectivity index (χ4v) is 3.40. The third-order valence-corrected chi connectivity index (χ3v) is 4.46. The predicted octanol–water partition coefficient (Wildman–Crippen LogP) is 3.32. The molecule has 1 aliphatic heterocycles. The van der Waals surface area contributed by atoms with Gasteiger partial charge in [-0.05, 0) is 62.7 Å². The Bertz CT molecular complexity index is 411. The number of nitrogens with one attached hydrogen (secondary N) is 1. The lowest BCUT2D eigenvalue weighted by atomic mass is 9.89. The summed E-state index contributed by atoms with van der Waals surface area (Å²) < 4.78 is 5.45. The zero-order valence-electron chi connectivity index (χ0n) is 11.1. The van der Waals surface area contributed by atoms with Crippen LogP contribution in [0.5, 0.6) is 5.75 Å². The minimum absolute atomic E-state index is 0.110. The van der Waals surface area contributed by atoms with Crippen LogP contribution in [0.4, 0.5) is 0 Å². The summed E-state index contributed by atoms with van der Waals surface area (Å²) in [6, 6.07) is 4.45. The zero-order valence-corrected chi connectivity index (χ0v) is 11.9. The molecule has 0 amide bonds. The second-order valence-electron chi connectivity index (χ2n) is 4.88. The van der Waals surface area contributed by atoms with E-state index in [4.69, 9.17) is 4.74 Å². The van der Waals surface area contributed by atoms with Crippen LogP contribution in [0.1, 0.15) is 30.9 Å². The SMILES string of the molecule is COc1cc(C2(C)CCCN2)c(SC)cc1C. The van der Waals surface area contributed by atoms with Gasteiger partial charge in [0.25, 0.3) is 0 Å². The molecule has 0 bridgehead atoms. The van der Waals surface area contributed by atoms with Crippen molar-refractivity contribution in [1.29, 1.82) is 0 Å². The Balaban J connectivity index is 2.50. The van der Waals surface area contributed by atoms with Gasteiger partial charge in [0.05, 0.1) is 7.11 Å². The van der Waals surface area contributed by atoms with Gasteiger partial charge in [-0.1, -0.05) is 0 Å². The largest absolute Gasteiger partial charge is 0.496 e. The van der Waals surface area contributed by atoms with Crippen LogP contribution in [0.3, 0.4) is 0 Å². The van der Waals surface area contributed by atoms with Gasteiger partial charge in [-0.25, -0.2) is 0 Å². The Morgan fingerprint density at radius 3 is 2.71 bits per heavy atom. The maximum Gasteiger partial charge on any atom is 0.122 e. The lowest BCUT2D eigenvalue weighted by molar-refractivity contribution is 0.398. The van der Waals surface area contributed by atoms with E-state index in [1.54, 1.807) is 7.11 Å². The molecule has 1 heterocycles. The van der Waals surface area contributed by atoms with Crippen molar-refractivity contribution in [3.63, 3.8) is 0 Å². The molecule has 17 heavy (non-hydrogen) atoms. The van der Waals surface area contributed by atoms with Crippen molar-refractivity contribution in [2.45, 2.75) is 37.1 Å². The number of thioether (sulfide) groups is 1. The van der Waals surface area contributed by atoms with E-state index < -0.39 is 0 Å². The monoisotopic (exact) mass is 251 g/mol. The molecule has 1 atom stereocenters. The van der Waals surface area contributed by atoms with Crippen molar-refractivity contribution >= 4 is 11.8 Å². The Kier molecular flexibility index (Phi) is 3.69. The first-order valence-electron chi connectivity index (χ1n) is 6.09. The molecule has 0 aromatic heterocycles. The number of hydrogen-bond donors (Lipinski definition) is 1. The Labute approximate surface area is 108 Å². The highest BCUT2D eigenvalue weighted by Crippen LogP contribution is 2.39. The van der Waals surface area contributed by atoms with Crippen LogP contribution in [-0.2, 0) is 5.54 Å². The topological polar surface area (TPSA) is 21.3 Å². The second-order valence-corrected chi connectivity index (χ2v) is 5.73. The zero-order chi connectivity index (χ0) is 12.5. The van der Waals surface area contributed by atoms with Crippen LogP contribution in [0.2, 0.25) is 0 Å². The Hall–Kier alpha value is -0.670. The maximum atomic E-state index is 5.45. The average molecular weight is 251 g/mol. The van der Waals surface area contributed by atoms with Gasteiger partial charge in [-0.15, -0.1) is 11.8 Å². The average Bonchev–Trinajstić information content (AvgIpc) is 2.76. The molecule has 1 unspecified atom stereocenters. The molecule has 1 aromatic rings. The standard InChI is InChI=1S/C14H21NOS/c1-10-8-13(17-4)11(9-12(10)16-3)14(2)6-5-7-15-14/h8-9,15H,5-7H2,1-4H3. The predicted molar refractivity (Wildman–Crippen MR) is 74.1 cm³/mol. The fraction of sp³-hybridized carbons (Fsp3) is 0.571. The Morgan fingerprint density at radius 1 is 1.41 bits per heavy atom. The van der Waals surface area contributed by atoms with E-state index in [9.17, 15) is 0 Å². The number of aryl methyl sites for hydroxylation is 1. The summed E-state index contributed by atoms with van der Waals surface area (Å²) in [5, 5.41) is 3.63. The van der Waals surface area contributed by atoms with Crippen LogP contribution in [0.25, 0.3) is 0 Å². The van der Waals surface area contributed by atoms with Gasteiger partial charge in [0.15, 0.2) is 0 Å². The summed E-state index contributed by atoms with van der Waals surface area (Å²) in [7, 11) is 1.75. The van der Waals surface area contributed by atoms with Gasteiger partial charge < -0.3 is 10.1 Å². The van der Waals surface area contributed by atoms with Crippen molar-refractivity contribution in [2.75, 3.05) is 19.9 Å². The first-order chi connectivity index (χ1) is 8.10. The van der Waals surface area contributed by atoms with Crippen LogP contribution in [0.15, 0.2) is 17.0 Å². The molecule has 1 aromatic carbocycles. The van der Waals surface area contributed by atoms with E-state index in [0.717, 1.165) is 12.3 Å². The highest BCUT2D eigenvalue weighted by Gasteiger charge is 2.32. The van der Waals surface area contributed by atoms with E-state index in [0.29, 0.717) is 0 Å². The van der Waals surface area contributed by atoms with Crippen molar-refractivity contribution in [3.8, 4) is 5.75 Å². The lowest BCUT2D eigenvalue weighted by Crippen LogP contribution is -2.33. The highest BCUT2D eigenvalue weighted by molar-refractivity contribution is 7.98. The van der Waals surface area contributed by atoms with E-state index in [-0.39, 0.29) is 5.54 Å². The van der Waals surface area contributed by atoms with Crippen molar-refractivity contribution < 1.29 is 4.74 Å². The van der Waals surface area contributed by atoms with Crippen LogP contribution in [-0.4, -0.2) is 19.9 Å². The number of rotatable bonds is 3. The second kappa shape index (κ2) is 4.91. The minimum atomic E-state index is 0.110. The quantitative estimate of drug-likeness (QED) is 0.833. The first-order valence-corrected chi connectivity index (χ1v) is 7.31. The minimum Gasteiger partial charge on any atom is -0.496 e. The third kappa shape index (κ3) is 2.31. The first kappa shape index (κ1) is 12.8. The molecule has 1 saturated heterocycles. The number of hydrogen-bond acceptors (Lipinski definition) is 3. The number of ether oxygens (including phenoxy) is 1. The number of benzene rings is 1. The molecule has 1 fully saturated rings. The Morgan fingerprint density at radius 2 is 2.18 bits per heavy atom. The van der Waals surface area contributed by atoms with Crippen molar-refractivity contribution in [1.82, 2.24) is 5.32 Å². The van der Waals surface area contributed by atoms with Gasteiger partial charge >= 0.3 is 0 Å². The molecular weight excluding hydrogens is 230 g/mol. The molecule has 0 spiro atoms. The smallest absolute Gasteiger partial charge is 0.122 e. The van der Waals surface area contributed by atoms with Crippen LogP contribution >= 0.6 is 11.8 Å². The molecule has 1 aliphatic rings. The molecule has 94 valence electrons. The summed E-state index contributed by atoms with van der Waals surface area (Å²) in [6.07, 6.45) is 4.59. The van der Waals surface area contributed by atoms with E-state index in [2.05, 4.69) is 37.6 Å². The van der Waals surface area contributed by atoms with Gasteiger partial charge in [-0.3, -0.25) is 0 Å². The van der Waals surface area contributed by atoms with Crippen LogP contribution in [0, 0.1) is 6.92 Å². The highest BCUT2D eigenvalue weighted by atomic mass is 32.2. The van der Waals surface area contributed by atoms with Gasteiger partial charge in [-0.2, -0.15) is 0 Å². The molecule has 0 saturated carbocycles. The normalized spacial score (nSPS) is 24.0. The van der Waals surface area contributed by atoms with Gasteiger partial charge in [0, 0.05) is 10.4 Å². The van der Waals surface area contributed by atoms with Crippen LogP contribution < -0.4 is 10.1 Å². The van der Waals surface area contributed by atoms with Crippen molar-refractivity contribution in [2.24, 2.45) is 0 Å². The molecule has 2 rings (SSSR count). The summed E-state index contributed by atoms with van der Waals surface area (Å²) in [5.74, 6) is 0.993. The molecule has 2 nitrogen and oxygen atoms in total. The summed E-state index contributed by atoms with van der Waals surface area (Å²) in [4.78, 5) is 1.36. The third-order valence-electron chi connectivity index (χ3n) is 3.68. The summed E-state index contributed by atoms with van der Waals surface area (Å²) in [5.41, 5.74) is 2.70. The van der Waals surface area contributed by atoms with Crippen molar-refractivity contribution in [3.05, 3.63) is 23.3 Å². The summed E-state index contributed by atoms with van der Waals surface area (Å²) >= 11 is 1.82. The summed E-state index contributed by atoms with van der Waals surface area (Å²) in [6.45, 7) is 5.51. The molecule has 3 heteroatoms. The number of methoxy groups -OCH3 is 1. The van der Waals surface area contributed by atoms with E-state index in [1.165, 1.54) is 28.9 Å². The van der Waals surface area contributed by atoms with Gasteiger partial charge in [0.1, 0.15) is 5.75 Å². The molecule has 1 N–H and O–H groups in total.